The van der Waals surface area contributed by atoms with E-state index in [0.717, 1.165) is 23.5 Å². The second kappa shape index (κ2) is 5.73. The highest BCUT2D eigenvalue weighted by Gasteiger charge is 1.99. The standard InChI is InChI=1S/C11H16N2S/c1-9(12)7-8-11(14)13-10-5-3-2-4-6-10/h2-6,9H,7-8,12H2,1H3,(H,13,14). The highest BCUT2D eigenvalue weighted by molar-refractivity contribution is 7.80. The molecule has 0 aromatic heterocycles. The van der Waals surface area contributed by atoms with Crippen LogP contribution in [0.25, 0.3) is 0 Å². The Balaban J connectivity index is 2.35. The predicted molar refractivity (Wildman–Crippen MR) is 65.5 cm³/mol. The van der Waals surface area contributed by atoms with Crippen molar-refractivity contribution in [2.24, 2.45) is 5.73 Å². The van der Waals surface area contributed by atoms with Crippen molar-refractivity contribution >= 4 is 22.9 Å². The van der Waals surface area contributed by atoms with Crippen molar-refractivity contribution in [3.8, 4) is 0 Å². The maximum absolute atomic E-state index is 5.65. The highest BCUT2D eigenvalue weighted by atomic mass is 32.1. The average molecular weight is 208 g/mol. The van der Waals surface area contributed by atoms with Crippen LogP contribution in [0.3, 0.4) is 0 Å². The number of hydrogen-bond acceptors (Lipinski definition) is 2. The van der Waals surface area contributed by atoms with Crippen LogP contribution >= 0.6 is 12.2 Å². The Morgan fingerprint density at radius 3 is 2.64 bits per heavy atom. The third-order valence-corrected chi connectivity index (χ3v) is 2.19. The third-order valence-electron chi connectivity index (χ3n) is 1.88. The summed E-state index contributed by atoms with van der Waals surface area (Å²) in [5.41, 5.74) is 6.69. The van der Waals surface area contributed by atoms with Gasteiger partial charge >= 0.3 is 0 Å². The summed E-state index contributed by atoms with van der Waals surface area (Å²) in [6, 6.07) is 10.2. The van der Waals surface area contributed by atoms with Crippen LogP contribution in [0.2, 0.25) is 0 Å². The summed E-state index contributed by atoms with van der Waals surface area (Å²) < 4.78 is 0. The zero-order chi connectivity index (χ0) is 10.4. The van der Waals surface area contributed by atoms with Gasteiger partial charge in [-0.25, -0.2) is 0 Å². The van der Waals surface area contributed by atoms with Gasteiger partial charge in [-0.05, 0) is 31.9 Å². The molecular weight excluding hydrogens is 192 g/mol. The topological polar surface area (TPSA) is 38.0 Å². The summed E-state index contributed by atoms with van der Waals surface area (Å²) in [5, 5.41) is 3.17. The molecule has 3 N–H and O–H groups in total. The van der Waals surface area contributed by atoms with Crippen molar-refractivity contribution in [3.05, 3.63) is 30.3 Å². The summed E-state index contributed by atoms with van der Waals surface area (Å²) in [7, 11) is 0. The fraction of sp³-hybridized carbons (Fsp3) is 0.364. The van der Waals surface area contributed by atoms with Crippen molar-refractivity contribution in [1.29, 1.82) is 0 Å². The van der Waals surface area contributed by atoms with E-state index >= 15 is 0 Å². The van der Waals surface area contributed by atoms with E-state index in [1.165, 1.54) is 0 Å². The molecule has 76 valence electrons. The van der Waals surface area contributed by atoms with Gasteiger partial charge in [0.15, 0.2) is 0 Å². The number of benzene rings is 1. The van der Waals surface area contributed by atoms with E-state index < -0.39 is 0 Å². The number of rotatable bonds is 4. The van der Waals surface area contributed by atoms with E-state index in [1.807, 2.05) is 37.3 Å². The lowest BCUT2D eigenvalue weighted by molar-refractivity contribution is 0.689. The molecule has 0 aliphatic heterocycles. The Hall–Kier alpha value is -0.930. The molecule has 0 amide bonds. The predicted octanol–water partition coefficient (Wildman–Crippen LogP) is 2.55. The van der Waals surface area contributed by atoms with Crippen molar-refractivity contribution in [2.75, 3.05) is 5.32 Å². The van der Waals surface area contributed by atoms with Crippen LogP contribution in [-0.4, -0.2) is 11.0 Å². The molecule has 1 unspecified atom stereocenters. The number of nitrogens with two attached hydrogens (primary N) is 1. The molecule has 0 fully saturated rings. The Bertz CT molecular complexity index is 283. The number of para-hydroxylation sites is 1. The van der Waals surface area contributed by atoms with Crippen LogP contribution in [0.15, 0.2) is 30.3 Å². The first-order valence-corrected chi connectivity index (χ1v) is 5.20. The minimum absolute atomic E-state index is 0.213. The monoisotopic (exact) mass is 208 g/mol. The second-order valence-corrected chi connectivity index (χ2v) is 3.92. The summed E-state index contributed by atoms with van der Waals surface area (Å²) in [6.45, 7) is 1.99. The second-order valence-electron chi connectivity index (χ2n) is 3.43. The zero-order valence-corrected chi connectivity index (χ0v) is 9.18. The lowest BCUT2D eigenvalue weighted by Crippen LogP contribution is -2.18. The van der Waals surface area contributed by atoms with E-state index in [1.54, 1.807) is 0 Å². The average Bonchev–Trinajstić information content (AvgIpc) is 2.16. The van der Waals surface area contributed by atoms with Crippen molar-refractivity contribution < 1.29 is 0 Å². The Morgan fingerprint density at radius 1 is 1.43 bits per heavy atom. The van der Waals surface area contributed by atoms with Crippen LogP contribution in [0, 0.1) is 0 Å². The van der Waals surface area contributed by atoms with E-state index in [4.69, 9.17) is 18.0 Å². The molecule has 1 aromatic carbocycles. The molecule has 1 rings (SSSR count). The molecule has 1 atom stereocenters. The Morgan fingerprint density at radius 2 is 2.07 bits per heavy atom. The molecule has 0 bridgehead atoms. The van der Waals surface area contributed by atoms with Gasteiger partial charge in [0, 0.05) is 11.7 Å². The summed E-state index contributed by atoms with van der Waals surface area (Å²) in [6.07, 6.45) is 1.78. The number of hydrogen-bond donors (Lipinski definition) is 2. The van der Waals surface area contributed by atoms with Gasteiger partial charge in [-0.3, -0.25) is 0 Å². The first-order chi connectivity index (χ1) is 6.68. The zero-order valence-electron chi connectivity index (χ0n) is 8.36. The molecule has 1 aromatic rings. The third kappa shape index (κ3) is 4.35. The molecule has 0 heterocycles. The van der Waals surface area contributed by atoms with E-state index in [-0.39, 0.29) is 6.04 Å². The lowest BCUT2D eigenvalue weighted by atomic mass is 10.2. The quantitative estimate of drug-likeness (QED) is 0.747. The molecule has 3 heteroatoms. The van der Waals surface area contributed by atoms with Gasteiger partial charge in [0.2, 0.25) is 0 Å². The Kier molecular flexibility index (Phi) is 4.56. The van der Waals surface area contributed by atoms with Gasteiger partial charge in [-0.2, -0.15) is 0 Å². The van der Waals surface area contributed by atoms with Crippen LogP contribution in [0.1, 0.15) is 19.8 Å². The SMILES string of the molecule is CC(N)CCC(=S)Nc1ccccc1. The minimum atomic E-state index is 0.213. The fourth-order valence-electron chi connectivity index (χ4n) is 1.10. The molecule has 0 aliphatic carbocycles. The largest absolute Gasteiger partial charge is 0.350 e. The van der Waals surface area contributed by atoms with Gasteiger partial charge in [0.25, 0.3) is 0 Å². The minimum Gasteiger partial charge on any atom is -0.350 e. The lowest BCUT2D eigenvalue weighted by Gasteiger charge is -2.08. The van der Waals surface area contributed by atoms with Crippen LogP contribution < -0.4 is 11.1 Å². The van der Waals surface area contributed by atoms with E-state index in [0.29, 0.717) is 0 Å². The molecule has 2 nitrogen and oxygen atoms in total. The first kappa shape index (κ1) is 11.1. The van der Waals surface area contributed by atoms with Gasteiger partial charge in [-0.1, -0.05) is 30.4 Å². The molecule has 14 heavy (non-hydrogen) atoms. The molecule has 0 aliphatic rings. The Labute approximate surface area is 90.5 Å². The fourth-order valence-corrected chi connectivity index (χ4v) is 1.34. The summed E-state index contributed by atoms with van der Waals surface area (Å²) in [4.78, 5) is 0.855. The van der Waals surface area contributed by atoms with Gasteiger partial charge in [0.05, 0.1) is 4.99 Å². The van der Waals surface area contributed by atoms with Crippen LogP contribution in [0.4, 0.5) is 5.69 Å². The number of nitrogens with one attached hydrogen (secondary N) is 1. The smallest absolute Gasteiger partial charge is 0.0797 e. The molecule has 0 saturated heterocycles. The van der Waals surface area contributed by atoms with Gasteiger partial charge in [-0.15, -0.1) is 0 Å². The van der Waals surface area contributed by atoms with Crippen LogP contribution in [0.5, 0.6) is 0 Å². The normalized spacial score (nSPS) is 12.1. The number of thiocarbonyl (C=S) groups is 1. The maximum Gasteiger partial charge on any atom is 0.0797 e. The first-order valence-electron chi connectivity index (χ1n) is 4.79. The molecule has 0 radical (unpaired) electrons. The van der Waals surface area contributed by atoms with Crippen molar-refractivity contribution in [3.63, 3.8) is 0 Å². The molecular formula is C11H16N2S. The van der Waals surface area contributed by atoms with Gasteiger partial charge < -0.3 is 11.1 Å². The summed E-state index contributed by atoms with van der Waals surface area (Å²) in [5.74, 6) is 0. The number of anilines is 1. The van der Waals surface area contributed by atoms with E-state index in [2.05, 4.69) is 5.32 Å². The molecule has 0 saturated carbocycles. The summed E-state index contributed by atoms with van der Waals surface area (Å²) >= 11 is 5.19. The van der Waals surface area contributed by atoms with Gasteiger partial charge in [0.1, 0.15) is 0 Å². The molecule has 0 spiro atoms. The van der Waals surface area contributed by atoms with E-state index in [9.17, 15) is 0 Å². The van der Waals surface area contributed by atoms with Crippen molar-refractivity contribution in [1.82, 2.24) is 0 Å². The maximum atomic E-state index is 5.65. The van der Waals surface area contributed by atoms with Crippen molar-refractivity contribution in [2.45, 2.75) is 25.8 Å². The van der Waals surface area contributed by atoms with Crippen LogP contribution in [-0.2, 0) is 0 Å². The highest BCUT2D eigenvalue weighted by Crippen LogP contribution is 2.07.